The van der Waals surface area contributed by atoms with Gasteiger partial charge < -0.3 is 14.1 Å². The Morgan fingerprint density at radius 1 is 1.38 bits per heavy atom. The van der Waals surface area contributed by atoms with Gasteiger partial charge in [0.05, 0.1) is 24.1 Å². The van der Waals surface area contributed by atoms with Gasteiger partial charge in [-0.05, 0) is 18.6 Å². The Labute approximate surface area is 120 Å². The van der Waals surface area contributed by atoms with Gasteiger partial charge >= 0.3 is 5.97 Å². The van der Waals surface area contributed by atoms with Gasteiger partial charge in [0.25, 0.3) is 0 Å². The van der Waals surface area contributed by atoms with Crippen molar-refractivity contribution in [2.24, 2.45) is 5.92 Å². The molecule has 3 heterocycles. The van der Waals surface area contributed by atoms with Crippen molar-refractivity contribution in [3.05, 3.63) is 42.5 Å². The van der Waals surface area contributed by atoms with Gasteiger partial charge in [0, 0.05) is 23.9 Å². The fraction of sp³-hybridized carbons (Fsp3) is 0.250. The van der Waals surface area contributed by atoms with Gasteiger partial charge in [-0.25, -0.2) is 4.98 Å². The predicted octanol–water partition coefficient (Wildman–Crippen LogP) is 2.94. The van der Waals surface area contributed by atoms with Crippen LogP contribution in [0, 0.1) is 5.92 Å². The highest BCUT2D eigenvalue weighted by Crippen LogP contribution is 2.32. The van der Waals surface area contributed by atoms with E-state index in [0.717, 1.165) is 28.1 Å². The minimum absolute atomic E-state index is 0.339. The van der Waals surface area contributed by atoms with Crippen LogP contribution in [0.3, 0.4) is 0 Å². The predicted molar refractivity (Wildman–Crippen MR) is 76.9 cm³/mol. The zero-order chi connectivity index (χ0) is 14.4. The Kier molecular flexibility index (Phi) is 2.60. The number of imidazole rings is 1. The number of carboxylic acids is 1. The largest absolute Gasteiger partial charge is 0.481 e. The van der Waals surface area contributed by atoms with E-state index in [1.807, 2.05) is 35.0 Å². The van der Waals surface area contributed by atoms with Crippen LogP contribution in [0.25, 0.3) is 22.2 Å². The van der Waals surface area contributed by atoms with Gasteiger partial charge in [-0.1, -0.05) is 12.1 Å². The summed E-state index contributed by atoms with van der Waals surface area (Å²) in [6.45, 7) is 0.480. The fourth-order valence-electron chi connectivity index (χ4n) is 3.07. The SMILES string of the molecule is O=C(O)C1CCc2ncc(-c3cccc4occc34)n2C1. The highest BCUT2D eigenvalue weighted by Gasteiger charge is 2.27. The summed E-state index contributed by atoms with van der Waals surface area (Å²) in [7, 11) is 0. The van der Waals surface area contributed by atoms with Crippen molar-refractivity contribution in [1.82, 2.24) is 9.55 Å². The van der Waals surface area contributed by atoms with Crippen LogP contribution in [0.2, 0.25) is 0 Å². The Hall–Kier alpha value is -2.56. The summed E-state index contributed by atoms with van der Waals surface area (Å²) >= 11 is 0. The molecule has 0 saturated carbocycles. The van der Waals surface area contributed by atoms with Crippen molar-refractivity contribution >= 4 is 16.9 Å². The van der Waals surface area contributed by atoms with E-state index in [1.165, 1.54) is 0 Å². The fourth-order valence-corrected chi connectivity index (χ4v) is 3.07. The van der Waals surface area contributed by atoms with Crippen LogP contribution in [0.5, 0.6) is 0 Å². The standard InChI is InChI=1S/C16H14N2O3/c19-16(20)10-4-5-15-17-8-13(18(15)9-10)11-2-1-3-14-12(11)6-7-21-14/h1-3,6-8,10H,4-5,9H2,(H,19,20). The molecule has 21 heavy (non-hydrogen) atoms. The monoisotopic (exact) mass is 282 g/mol. The minimum atomic E-state index is -0.734. The molecule has 1 aliphatic rings. The van der Waals surface area contributed by atoms with Gasteiger partial charge in [0.1, 0.15) is 11.4 Å². The second-order valence-electron chi connectivity index (χ2n) is 5.38. The molecular formula is C16H14N2O3. The van der Waals surface area contributed by atoms with E-state index in [2.05, 4.69) is 4.98 Å². The smallest absolute Gasteiger partial charge is 0.308 e. The molecule has 0 amide bonds. The second-order valence-corrected chi connectivity index (χ2v) is 5.38. The molecule has 0 radical (unpaired) electrons. The van der Waals surface area contributed by atoms with Crippen molar-refractivity contribution in [3.8, 4) is 11.3 Å². The van der Waals surface area contributed by atoms with Crippen molar-refractivity contribution < 1.29 is 14.3 Å². The summed E-state index contributed by atoms with van der Waals surface area (Å²) in [5.41, 5.74) is 2.82. The minimum Gasteiger partial charge on any atom is -0.481 e. The number of aromatic nitrogens is 2. The number of hydrogen-bond acceptors (Lipinski definition) is 3. The summed E-state index contributed by atoms with van der Waals surface area (Å²) in [4.78, 5) is 15.7. The molecule has 5 nitrogen and oxygen atoms in total. The normalized spacial score (nSPS) is 17.8. The van der Waals surface area contributed by atoms with Crippen LogP contribution < -0.4 is 0 Å². The summed E-state index contributed by atoms with van der Waals surface area (Å²) in [6, 6.07) is 7.82. The second kappa shape index (κ2) is 4.48. The molecule has 106 valence electrons. The van der Waals surface area contributed by atoms with Crippen molar-refractivity contribution in [2.75, 3.05) is 0 Å². The molecule has 1 atom stereocenters. The van der Waals surface area contributed by atoms with Gasteiger partial charge in [0.15, 0.2) is 0 Å². The summed E-state index contributed by atoms with van der Waals surface area (Å²) in [6.07, 6.45) is 4.86. The molecule has 1 aromatic carbocycles. The van der Waals surface area contributed by atoms with E-state index in [9.17, 15) is 9.90 Å². The molecule has 0 bridgehead atoms. The third-order valence-corrected chi connectivity index (χ3v) is 4.18. The van der Waals surface area contributed by atoms with Gasteiger partial charge in [0.2, 0.25) is 0 Å². The maximum atomic E-state index is 11.3. The van der Waals surface area contributed by atoms with Crippen LogP contribution in [0.1, 0.15) is 12.2 Å². The molecular weight excluding hydrogens is 268 g/mol. The lowest BCUT2D eigenvalue weighted by Gasteiger charge is -2.22. The number of benzene rings is 1. The van der Waals surface area contributed by atoms with E-state index >= 15 is 0 Å². The van der Waals surface area contributed by atoms with E-state index < -0.39 is 5.97 Å². The van der Waals surface area contributed by atoms with Gasteiger partial charge in [-0.2, -0.15) is 0 Å². The lowest BCUT2D eigenvalue weighted by Crippen LogP contribution is -2.27. The zero-order valence-electron chi connectivity index (χ0n) is 11.3. The summed E-state index contributed by atoms with van der Waals surface area (Å²) in [5, 5.41) is 10.3. The van der Waals surface area contributed by atoms with E-state index in [-0.39, 0.29) is 5.92 Å². The van der Waals surface area contributed by atoms with Crippen LogP contribution in [-0.2, 0) is 17.8 Å². The van der Waals surface area contributed by atoms with Gasteiger partial charge in [-0.15, -0.1) is 0 Å². The number of aliphatic carboxylic acids is 1. The van der Waals surface area contributed by atoms with Crippen molar-refractivity contribution in [2.45, 2.75) is 19.4 Å². The molecule has 0 aliphatic carbocycles. The molecule has 1 unspecified atom stereocenters. The number of aryl methyl sites for hydroxylation is 1. The Morgan fingerprint density at radius 3 is 3.14 bits per heavy atom. The van der Waals surface area contributed by atoms with E-state index in [0.29, 0.717) is 19.4 Å². The maximum absolute atomic E-state index is 11.3. The average molecular weight is 282 g/mol. The van der Waals surface area contributed by atoms with E-state index in [1.54, 1.807) is 6.26 Å². The number of carbonyl (C=O) groups is 1. The molecule has 1 N–H and O–H groups in total. The topological polar surface area (TPSA) is 68.3 Å². The number of carboxylic acid groups (broad SMARTS) is 1. The van der Waals surface area contributed by atoms with Crippen LogP contribution in [0.15, 0.2) is 41.1 Å². The number of rotatable bonds is 2. The molecule has 3 aromatic rings. The first-order valence-corrected chi connectivity index (χ1v) is 6.98. The van der Waals surface area contributed by atoms with Crippen molar-refractivity contribution in [1.29, 1.82) is 0 Å². The highest BCUT2D eigenvalue weighted by molar-refractivity contribution is 5.93. The average Bonchev–Trinajstić information content (AvgIpc) is 3.12. The highest BCUT2D eigenvalue weighted by atomic mass is 16.4. The number of fused-ring (bicyclic) bond motifs is 2. The first kappa shape index (κ1) is 12.2. The Morgan fingerprint density at radius 2 is 2.29 bits per heavy atom. The van der Waals surface area contributed by atoms with Gasteiger partial charge in [-0.3, -0.25) is 4.79 Å². The van der Waals surface area contributed by atoms with Crippen LogP contribution in [-0.4, -0.2) is 20.6 Å². The zero-order valence-corrected chi connectivity index (χ0v) is 11.3. The summed E-state index contributed by atoms with van der Waals surface area (Å²) in [5.74, 6) is -0.112. The lowest BCUT2D eigenvalue weighted by molar-refractivity contribution is -0.142. The van der Waals surface area contributed by atoms with Crippen molar-refractivity contribution in [3.63, 3.8) is 0 Å². The lowest BCUT2D eigenvalue weighted by atomic mass is 9.99. The summed E-state index contributed by atoms with van der Waals surface area (Å²) < 4.78 is 7.47. The third-order valence-electron chi connectivity index (χ3n) is 4.18. The van der Waals surface area contributed by atoms with E-state index in [4.69, 9.17) is 4.42 Å². The molecule has 2 aromatic heterocycles. The molecule has 0 spiro atoms. The Bertz CT molecular complexity index is 831. The number of nitrogens with zero attached hydrogens (tertiary/aromatic N) is 2. The molecule has 0 fully saturated rings. The quantitative estimate of drug-likeness (QED) is 0.784. The molecule has 5 heteroatoms. The molecule has 4 rings (SSSR count). The number of furan rings is 1. The third kappa shape index (κ3) is 1.85. The Balaban J connectivity index is 1.86. The molecule has 1 aliphatic heterocycles. The first-order chi connectivity index (χ1) is 10.2. The number of hydrogen-bond donors (Lipinski definition) is 1. The van der Waals surface area contributed by atoms with Crippen LogP contribution >= 0.6 is 0 Å². The molecule has 0 saturated heterocycles. The first-order valence-electron chi connectivity index (χ1n) is 6.98. The van der Waals surface area contributed by atoms with Crippen LogP contribution in [0.4, 0.5) is 0 Å². The maximum Gasteiger partial charge on any atom is 0.308 e.